The van der Waals surface area contributed by atoms with Gasteiger partial charge in [0.1, 0.15) is 36.9 Å². The molecule has 448 valence electrons. The second-order valence-electron chi connectivity index (χ2n) is 21.9. The fourth-order valence-corrected chi connectivity index (χ4v) is 11.4. The third kappa shape index (κ3) is 15.0. The summed E-state index contributed by atoms with van der Waals surface area (Å²) in [6.45, 7) is 9.08. The summed E-state index contributed by atoms with van der Waals surface area (Å²) in [5.41, 5.74) is 2.03. The van der Waals surface area contributed by atoms with Crippen molar-refractivity contribution in [3.63, 3.8) is 0 Å². The van der Waals surface area contributed by atoms with E-state index in [0.717, 1.165) is 11.1 Å². The maximum atomic E-state index is 15.2. The van der Waals surface area contributed by atoms with Crippen LogP contribution in [0.25, 0.3) is 0 Å². The van der Waals surface area contributed by atoms with Crippen molar-refractivity contribution in [1.29, 1.82) is 0 Å². The molecule has 0 aliphatic carbocycles. The Morgan fingerprint density at radius 2 is 1.02 bits per heavy atom. The predicted molar refractivity (Wildman–Crippen MR) is 301 cm³/mol. The number of nitrogens with zero attached hydrogens (tertiary/aromatic N) is 4. The largest absolute Gasteiger partial charge is 0.445 e. The molecule has 0 saturated carbocycles. The Balaban J connectivity index is 0.964. The van der Waals surface area contributed by atoms with E-state index in [1.54, 1.807) is 85.7 Å². The summed E-state index contributed by atoms with van der Waals surface area (Å²) in [6.07, 6.45) is -3.70. The van der Waals surface area contributed by atoms with Crippen molar-refractivity contribution in [1.82, 2.24) is 40.9 Å². The SMILES string of the molecule is CN[C@@H](C)C(=O)N[C@H](C(=O)N1CC[C@@H]2[C@H]1[C@@H](OCc1ccc(F)cc1)CN2C(=O)OCc1ccccc1)[C@@H](C)OCCO[C@H](C)[C@H](NC(=O)[C@H](C)NC)C(=O)N1CC[C@]2(C)[C@H]1[C@@H](OCc1ccc(F)cc1)CN2C(=O)OCc1ccccc1. The summed E-state index contributed by atoms with van der Waals surface area (Å²) in [5, 5.41) is 11.6. The minimum atomic E-state index is -1.24. The maximum absolute atomic E-state index is 15.2. The van der Waals surface area contributed by atoms with Gasteiger partial charge in [-0.3, -0.25) is 24.1 Å². The number of amides is 6. The van der Waals surface area contributed by atoms with E-state index < -0.39 is 120 Å². The molecule has 0 bridgehead atoms. The lowest BCUT2D eigenvalue weighted by atomic mass is 9.92. The first-order valence-corrected chi connectivity index (χ1v) is 28.4. The zero-order valence-electron chi connectivity index (χ0n) is 48.2. The molecule has 6 amide bonds. The summed E-state index contributed by atoms with van der Waals surface area (Å²) in [7, 11) is 3.24. The van der Waals surface area contributed by atoms with Gasteiger partial charge >= 0.3 is 12.2 Å². The molecule has 4 aromatic rings. The number of ether oxygens (including phenoxy) is 6. The Morgan fingerprint density at radius 3 is 1.52 bits per heavy atom. The number of hydrogen-bond donors (Lipinski definition) is 4. The topological polar surface area (TPSA) is 219 Å². The van der Waals surface area contributed by atoms with E-state index in [1.165, 1.54) is 24.3 Å². The second-order valence-corrected chi connectivity index (χ2v) is 21.9. The van der Waals surface area contributed by atoms with Crippen LogP contribution >= 0.6 is 0 Å². The molecule has 0 radical (unpaired) electrons. The first-order chi connectivity index (χ1) is 39.9. The van der Waals surface area contributed by atoms with Gasteiger partial charge in [0.25, 0.3) is 0 Å². The molecule has 4 aromatic carbocycles. The summed E-state index contributed by atoms with van der Waals surface area (Å²) in [6, 6.07) is 24.6. The fraction of sp³-hybridized carbons (Fsp3) is 0.508. The minimum Gasteiger partial charge on any atom is -0.445 e. The molecule has 0 unspecified atom stereocenters. The van der Waals surface area contributed by atoms with Gasteiger partial charge in [-0.2, -0.15) is 0 Å². The molecule has 8 rings (SSSR count). The third-order valence-electron chi connectivity index (χ3n) is 16.5. The number of benzene rings is 4. The predicted octanol–water partition coefficient (Wildman–Crippen LogP) is 5.06. The van der Waals surface area contributed by atoms with Crippen molar-refractivity contribution in [2.24, 2.45) is 0 Å². The molecule has 4 aliphatic rings. The number of nitrogens with one attached hydrogen (secondary N) is 4. The molecule has 4 aliphatic heterocycles. The van der Waals surface area contributed by atoms with Crippen LogP contribution in [-0.2, 0) is 74.0 Å². The van der Waals surface area contributed by atoms with Crippen molar-refractivity contribution >= 4 is 35.8 Å². The zero-order valence-corrected chi connectivity index (χ0v) is 48.2. The molecule has 0 spiro atoms. The van der Waals surface area contributed by atoms with Gasteiger partial charge in [-0.25, -0.2) is 18.4 Å². The van der Waals surface area contributed by atoms with Gasteiger partial charge in [0.05, 0.1) is 99.7 Å². The molecular weight excluding hydrogens is 1070 g/mol. The van der Waals surface area contributed by atoms with Crippen LogP contribution < -0.4 is 21.3 Å². The quantitative estimate of drug-likeness (QED) is 0.0638. The lowest BCUT2D eigenvalue weighted by Gasteiger charge is -2.37. The van der Waals surface area contributed by atoms with Gasteiger partial charge < -0.3 is 64.4 Å². The normalized spacial score (nSPS) is 23.1. The van der Waals surface area contributed by atoms with Gasteiger partial charge in [0.15, 0.2) is 0 Å². The first kappa shape index (κ1) is 62.0. The average molecular weight is 1150 g/mol. The van der Waals surface area contributed by atoms with E-state index in [4.69, 9.17) is 28.4 Å². The van der Waals surface area contributed by atoms with Crippen molar-refractivity contribution in [3.8, 4) is 0 Å². The fourth-order valence-electron chi connectivity index (χ4n) is 11.4. The number of hydrogen-bond acceptors (Lipinski definition) is 14. The van der Waals surface area contributed by atoms with Gasteiger partial charge in [-0.15, -0.1) is 0 Å². The highest BCUT2D eigenvalue weighted by molar-refractivity contribution is 5.91. The Morgan fingerprint density at radius 1 is 0.566 bits per heavy atom. The molecule has 4 saturated heterocycles. The Hall–Kier alpha value is -7.08. The highest BCUT2D eigenvalue weighted by atomic mass is 19.1. The lowest BCUT2D eigenvalue weighted by molar-refractivity contribution is -0.146. The van der Waals surface area contributed by atoms with E-state index in [0.29, 0.717) is 24.0 Å². The van der Waals surface area contributed by atoms with E-state index >= 15 is 9.59 Å². The number of carbonyl (C=O) groups is 6. The Kier molecular flexibility index (Phi) is 21.3. The van der Waals surface area contributed by atoms with Crippen molar-refractivity contribution in [2.75, 3.05) is 53.5 Å². The van der Waals surface area contributed by atoms with Crippen molar-refractivity contribution in [2.45, 2.75) is 146 Å². The number of fused-ring (bicyclic) bond motifs is 2. The minimum absolute atomic E-state index is 0.0294. The summed E-state index contributed by atoms with van der Waals surface area (Å²) < 4.78 is 65.0. The number of likely N-dealkylation sites (N-methyl/N-ethyl adjacent to an activating group) is 2. The van der Waals surface area contributed by atoms with E-state index in [1.807, 2.05) is 67.6 Å². The highest BCUT2D eigenvalue weighted by Gasteiger charge is 2.61. The monoisotopic (exact) mass is 1150 g/mol. The lowest BCUT2D eigenvalue weighted by Crippen LogP contribution is -2.60. The van der Waals surface area contributed by atoms with E-state index in [-0.39, 0.29) is 65.8 Å². The van der Waals surface area contributed by atoms with Crippen LogP contribution in [-0.4, -0.2) is 181 Å². The average Bonchev–Trinajstić information content (AvgIpc) is 2.06. The van der Waals surface area contributed by atoms with Crippen LogP contribution in [0.15, 0.2) is 109 Å². The number of rotatable bonds is 25. The van der Waals surface area contributed by atoms with Gasteiger partial charge in [0.2, 0.25) is 23.6 Å². The van der Waals surface area contributed by atoms with E-state index in [2.05, 4.69) is 21.3 Å². The number of carbonyl (C=O) groups excluding carboxylic acids is 6. The number of likely N-dealkylation sites (tertiary alicyclic amines) is 4. The van der Waals surface area contributed by atoms with Crippen LogP contribution in [0.1, 0.15) is 69.7 Å². The van der Waals surface area contributed by atoms with Crippen LogP contribution in [0, 0.1) is 11.6 Å². The van der Waals surface area contributed by atoms with Crippen LogP contribution in [0.4, 0.5) is 18.4 Å². The summed E-state index contributed by atoms with van der Waals surface area (Å²) in [5.74, 6) is -2.68. The van der Waals surface area contributed by atoms with Crippen LogP contribution in [0.3, 0.4) is 0 Å². The highest BCUT2D eigenvalue weighted by Crippen LogP contribution is 2.44. The summed E-state index contributed by atoms with van der Waals surface area (Å²) >= 11 is 0. The maximum Gasteiger partial charge on any atom is 0.410 e. The first-order valence-electron chi connectivity index (χ1n) is 28.4. The molecule has 0 aromatic heterocycles. The molecule has 83 heavy (non-hydrogen) atoms. The Labute approximate surface area is 483 Å². The van der Waals surface area contributed by atoms with Crippen molar-refractivity contribution < 1.29 is 66.0 Å². The van der Waals surface area contributed by atoms with Gasteiger partial charge in [-0.05, 0) is 108 Å². The van der Waals surface area contributed by atoms with Crippen molar-refractivity contribution in [3.05, 3.63) is 143 Å². The second kappa shape index (κ2) is 28.5. The Bertz CT molecular complexity index is 2830. The molecule has 4 heterocycles. The molecule has 4 N–H and O–H groups in total. The number of halogens is 2. The van der Waals surface area contributed by atoms with Gasteiger partial charge in [0, 0.05) is 13.1 Å². The van der Waals surface area contributed by atoms with Crippen LogP contribution in [0.2, 0.25) is 0 Å². The molecule has 22 heteroatoms. The smallest absolute Gasteiger partial charge is 0.410 e. The van der Waals surface area contributed by atoms with Crippen LogP contribution in [0.5, 0.6) is 0 Å². The van der Waals surface area contributed by atoms with E-state index in [9.17, 15) is 28.0 Å². The molecule has 12 atom stereocenters. The molecule has 20 nitrogen and oxygen atoms in total. The molecule has 4 fully saturated rings. The standard InChI is InChI=1S/C61H78F2N8O12/c1-38(64-6)55(72)66-51(57(74)68-28-26-48-53(68)49(80-34-44-18-22-46(62)23-19-44)32-70(48)59(76)82-36-42-14-10-8-11-15-42)40(3)78-30-31-79-41(4)52(67-56(73)39(2)65-7)58(75)69-29-27-61(5)54(69)50(81-35-45-20-24-47(63)25-21-45)33-71(61)60(77)83-37-43-16-12-9-13-17-43/h8-25,38-41,48-54,64-65H,26-37H2,1-7H3,(H,66,72)(H,67,73)/t38-,39-,40+,41+,48+,49-,50-,51-,52-,53-,54+,61+/m0/s1. The third-order valence-corrected chi connectivity index (χ3v) is 16.5. The summed E-state index contributed by atoms with van der Waals surface area (Å²) in [4.78, 5) is 91.7. The molecular formula is C61H78F2N8O12. The zero-order chi connectivity index (χ0) is 59.4. The van der Waals surface area contributed by atoms with Gasteiger partial charge in [-0.1, -0.05) is 84.9 Å².